The Balaban J connectivity index is 2.56. The van der Waals surface area contributed by atoms with Gasteiger partial charge in [0.2, 0.25) is 23.6 Å². The molecule has 6 atom stereocenters. The lowest BCUT2D eigenvalue weighted by molar-refractivity contribution is -0.163. The lowest BCUT2D eigenvalue weighted by Crippen LogP contribution is -2.61. The monoisotopic (exact) mass is 591 g/mol. The first kappa shape index (κ1) is 34.8. The van der Waals surface area contributed by atoms with Gasteiger partial charge < -0.3 is 30.1 Å². The van der Waals surface area contributed by atoms with Crippen molar-refractivity contribution in [3.05, 3.63) is 12.7 Å². The molecule has 0 radical (unpaired) electrons. The van der Waals surface area contributed by atoms with Gasteiger partial charge in [0.25, 0.3) is 5.91 Å². The smallest absolute Gasteiger partial charge is 0.308 e. The van der Waals surface area contributed by atoms with Gasteiger partial charge >= 0.3 is 5.97 Å². The molecule has 5 amide bonds. The number of ether oxygens (including phenoxy) is 1. The molecule has 2 N–H and O–H groups in total. The van der Waals surface area contributed by atoms with Crippen molar-refractivity contribution in [2.24, 2.45) is 11.8 Å². The summed E-state index contributed by atoms with van der Waals surface area (Å²) < 4.78 is 5.49. The first-order chi connectivity index (χ1) is 19.8. The molecule has 42 heavy (non-hydrogen) atoms. The van der Waals surface area contributed by atoms with Crippen molar-refractivity contribution >= 4 is 35.5 Å². The summed E-state index contributed by atoms with van der Waals surface area (Å²) in [6.45, 7) is 12.9. The van der Waals surface area contributed by atoms with Crippen molar-refractivity contribution < 1.29 is 33.5 Å². The quantitative estimate of drug-likeness (QED) is 0.361. The summed E-state index contributed by atoms with van der Waals surface area (Å²) in [7, 11) is 3.03. The third-order valence-corrected chi connectivity index (χ3v) is 8.38. The number of cyclic esters (lactones) is 1. The molecule has 0 aliphatic carbocycles. The predicted molar refractivity (Wildman–Crippen MR) is 157 cm³/mol. The van der Waals surface area contributed by atoms with Crippen LogP contribution in [0, 0.1) is 11.8 Å². The predicted octanol–water partition coefficient (Wildman–Crippen LogP) is 1.24. The Morgan fingerprint density at radius 2 is 1.64 bits per heavy atom. The van der Waals surface area contributed by atoms with Gasteiger partial charge in [-0.2, -0.15) is 0 Å². The fourth-order valence-electron chi connectivity index (χ4n) is 5.42. The van der Waals surface area contributed by atoms with Crippen LogP contribution in [0.25, 0.3) is 0 Å². The Morgan fingerprint density at radius 3 is 2.24 bits per heavy atom. The zero-order valence-corrected chi connectivity index (χ0v) is 26.2. The van der Waals surface area contributed by atoms with Gasteiger partial charge in [0, 0.05) is 33.6 Å². The number of nitrogens with one attached hydrogen (secondary N) is 2. The van der Waals surface area contributed by atoms with Gasteiger partial charge in [0.15, 0.2) is 6.10 Å². The van der Waals surface area contributed by atoms with Gasteiger partial charge in [-0.25, -0.2) is 0 Å². The third-order valence-electron chi connectivity index (χ3n) is 8.38. The maximum absolute atomic E-state index is 14.0. The molecule has 2 saturated heterocycles. The molecule has 2 aliphatic rings. The van der Waals surface area contributed by atoms with E-state index < -0.39 is 65.8 Å². The summed E-state index contributed by atoms with van der Waals surface area (Å²) in [5.41, 5.74) is 0. The molecule has 2 heterocycles. The van der Waals surface area contributed by atoms with Crippen LogP contribution in [0.5, 0.6) is 0 Å². The minimum atomic E-state index is -1.17. The van der Waals surface area contributed by atoms with Crippen molar-refractivity contribution in [2.45, 2.75) is 103 Å². The second-order valence-corrected chi connectivity index (χ2v) is 11.7. The molecular weight excluding hydrogens is 542 g/mol. The van der Waals surface area contributed by atoms with Crippen molar-refractivity contribution in [1.82, 2.24) is 25.3 Å². The van der Waals surface area contributed by atoms with Crippen molar-refractivity contribution in [1.29, 1.82) is 0 Å². The highest BCUT2D eigenvalue weighted by Gasteiger charge is 2.41. The number of rotatable bonds is 5. The molecule has 0 spiro atoms. The normalized spacial score (nSPS) is 28.7. The fourth-order valence-corrected chi connectivity index (χ4v) is 5.42. The second kappa shape index (κ2) is 15.7. The molecule has 12 nitrogen and oxygen atoms in total. The lowest BCUT2D eigenvalue weighted by atomic mass is 9.93. The molecule has 0 bridgehead atoms. The van der Waals surface area contributed by atoms with Crippen LogP contribution in [0.1, 0.15) is 73.1 Å². The van der Waals surface area contributed by atoms with E-state index in [2.05, 4.69) is 17.2 Å². The number of hydrogen-bond donors (Lipinski definition) is 2. The number of fused-ring (bicyclic) bond motifs is 1. The van der Waals surface area contributed by atoms with Gasteiger partial charge in [-0.1, -0.05) is 40.2 Å². The van der Waals surface area contributed by atoms with E-state index in [-0.39, 0.29) is 31.2 Å². The zero-order chi connectivity index (χ0) is 31.7. The highest BCUT2D eigenvalue weighted by atomic mass is 16.5. The van der Waals surface area contributed by atoms with Crippen molar-refractivity contribution in [2.75, 3.05) is 27.2 Å². The van der Waals surface area contributed by atoms with Gasteiger partial charge in [-0.3, -0.25) is 28.8 Å². The highest BCUT2D eigenvalue weighted by molar-refractivity contribution is 5.96. The fraction of sp³-hybridized carbons (Fsp3) is 0.733. The van der Waals surface area contributed by atoms with E-state index in [1.54, 1.807) is 6.92 Å². The summed E-state index contributed by atoms with van der Waals surface area (Å²) in [4.78, 5) is 84.5. The largest absolute Gasteiger partial charge is 0.452 e. The van der Waals surface area contributed by atoms with E-state index in [9.17, 15) is 28.8 Å². The number of hydrogen-bond acceptors (Lipinski definition) is 7. The number of nitrogens with zero attached hydrogens (tertiary/aromatic N) is 3. The molecule has 2 rings (SSSR count). The highest BCUT2D eigenvalue weighted by Crippen LogP contribution is 2.23. The van der Waals surface area contributed by atoms with Gasteiger partial charge in [0.1, 0.15) is 24.2 Å². The van der Waals surface area contributed by atoms with E-state index in [4.69, 9.17) is 4.74 Å². The second-order valence-electron chi connectivity index (χ2n) is 11.7. The first-order valence-corrected chi connectivity index (χ1v) is 15.0. The summed E-state index contributed by atoms with van der Waals surface area (Å²) in [5.74, 6) is -3.56. The number of amides is 5. The van der Waals surface area contributed by atoms with E-state index in [0.29, 0.717) is 32.2 Å². The Kier molecular flexibility index (Phi) is 13.0. The average Bonchev–Trinajstić information content (AvgIpc) is 2.96. The molecule has 2 fully saturated rings. The minimum Gasteiger partial charge on any atom is -0.452 e. The van der Waals surface area contributed by atoms with E-state index in [1.165, 1.54) is 34.9 Å². The molecular formula is C30H49N5O7. The maximum Gasteiger partial charge on any atom is 0.308 e. The number of carbonyl (C=O) groups excluding carboxylic acids is 6. The molecule has 236 valence electrons. The van der Waals surface area contributed by atoms with Crippen LogP contribution >= 0.6 is 0 Å². The Hall–Kier alpha value is -3.44. The van der Waals surface area contributed by atoms with Crippen LogP contribution in [0.15, 0.2) is 12.7 Å². The summed E-state index contributed by atoms with van der Waals surface area (Å²) >= 11 is 0. The Bertz CT molecular complexity index is 1030. The van der Waals surface area contributed by atoms with Gasteiger partial charge in [0.05, 0.1) is 6.42 Å². The molecule has 1 unspecified atom stereocenters. The summed E-state index contributed by atoms with van der Waals surface area (Å²) in [6, 6.07) is -3.59. The standard InChI is InChI=1S/C30H49N5O7/c1-9-13-22-28(39)35-17-12-11-14-21(35)27(38)32-24(19(5)10-2)29(40)34(8)25(18(3)4)30(41)33(7)20(6)26(37)31-16-15-23(36)42-22/h9,18-22,24-25H,1,10-17H2,2-8H3,(H,31,37)(H,32,38)/t19-,20-,21-,22?,24-,25-/m0/s1. The Labute approximate surface area is 249 Å². The van der Waals surface area contributed by atoms with Crippen LogP contribution in [-0.4, -0.2) is 108 Å². The van der Waals surface area contributed by atoms with Gasteiger partial charge in [-0.15, -0.1) is 6.58 Å². The van der Waals surface area contributed by atoms with Crippen LogP contribution in [0.2, 0.25) is 0 Å². The summed E-state index contributed by atoms with van der Waals surface area (Å²) in [5, 5.41) is 5.54. The molecule has 12 heteroatoms. The van der Waals surface area contributed by atoms with Crippen LogP contribution in [-0.2, 0) is 33.5 Å². The average molecular weight is 592 g/mol. The molecule has 0 aromatic rings. The van der Waals surface area contributed by atoms with Crippen LogP contribution < -0.4 is 10.6 Å². The number of likely N-dealkylation sites (N-methyl/N-ethyl adjacent to an activating group) is 2. The number of esters is 1. The number of carbonyl (C=O) groups is 6. The van der Waals surface area contributed by atoms with Crippen molar-refractivity contribution in [3.63, 3.8) is 0 Å². The van der Waals surface area contributed by atoms with Crippen LogP contribution in [0.4, 0.5) is 0 Å². The van der Waals surface area contributed by atoms with Gasteiger partial charge in [-0.05, 0) is 38.0 Å². The Morgan fingerprint density at radius 1 is 0.976 bits per heavy atom. The lowest BCUT2D eigenvalue weighted by Gasteiger charge is -2.39. The summed E-state index contributed by atoms with van der Waals surface area (Å²) in [6.07, 6.45) is 2.52. The SMILES string of the molecule is C=CCC1OC(=O)CCNC(=O)[C@H](C)N(C)C(=O)[C@H](C(C)C)N(C)C(=O)[C@H]([C@@H](C)CC)NC(=O)[C@@H]2CCCCN2C1=O. The first-order valence-electron chi connectivity index (χ1n) is 15.0. The minimum absolute atomic E-state index is 0.0566. The third kappa shape index (κ3) is 8.32. The maximum atomic E-state index is 14.0. The zero-order valence-electron chi connectivity index (χ0n) is 26.2. The van der Waals surface area contributed by atoms with Crippen molar-refractivity contribution in [3.8, 4) is 0 Å². The number of piperidine rings is 1. The molecule has 2 aliphatic heterocycles. The van der Waals surface area contributed by atoms with E-state index in [0.717, 1.165) is 0 Å². The van der Waals surface area contributed by atoms with E-state index in [1.807, 2.05) is 27.7 Å². The van der Waals surface area contributed by atoms with Crippen LogP contribution in [0.3, 0.4) is 0 Å². The van der Waals surface area contributed by atoms with E-state index >= 15 is 0 Å². The molecule has 0 saturated carbocycles. The molecule has 0 aromatic carbocycles. The topological polar surface area (TPSA) is 145 Å². The molecule has 0 aromatic heterocycles.